The zero-order valence-corrected chi connectivity index (χ0v) is 9.82. The van der Waals surface area contributed by atoms with Gasteiger partial charge < -0.3 is 10.1 Å². The molecule has 1 heterocycles. The van der Waals surface area contributed by atoms with Gasteiger partial charge in [-0.25, -0.2) is 9.78 Å². The van der Waals surface area contributed by atoms with E-state index in [0.29, 0.717) is 12.4 Å². The summed E-state index contributed by atoms with van der Waals surface area (Å²) in [6.07, 6.45) is 0. The number of nitrogens with one attached hydrogen (secondary N) is 2. The fourth-order valence-electron chi connectivity index (χ4n) is 1.14. The molecule has 1 aromatic rings. The molecule has 0 radical (unpaired) electrons. The first-order chi connectivity index (χ1) is 8.11. The van der Waals surface area contributed by atoms with Crippen molar-refractivity contribution in [1.82, 2.24) is 10.3 Å². The van der Waals surface area contributed by atoms with Crippen molar-refractivity contribution < 1.29 is 14.3 Å². The van der Waals surface area contributed by atoms with Gasteiger partial charge in [-0.3, -0.25) is 10.1 Å². The summed E-state index contributed by atoms with van der Waals surface area (Å²) in [4.78, 5) is 26.4. The van der Waals surface area contributed by atoms with Crippen LogP contribution in [0.2, 0.25) is 0 Å². The zero-order valence-electron chi connectivity index (χ0n) is 9.82. The standard InChI is InChI=1S/C11H15N3O3/c1-3-17-10(15)7-12-11(16)14-9-6-4-5-8(2)13-9/h4-6H,3,7H2,1-2H3,(H2,12,13,14,16). The van der Waals surface area contributed by atoms with Gasteiger partial charge in [0.25, 0.3) is 0 Å². The average molecular weight is 237 g/mol. The predicted octanol–water partition coefficient (Wildman–Crippen LogP) is 1.07. The summed E-state index contributed by atoms with van der Waals surface area (Å²) in [6, 6.07) is 4.78. The van der Waals surface area contributed by atoms with E-state index in [0.717, 1.165) is 5.69 Å². The van der Waals surface area contributed by atoms with Crippen LogP contribution in [0.3, 0.4) is 0 Å². The minimum Gasteiger partial charge on any atom is -0.465 e. The van der Waals surface area contributed by atoms with Gasteiger partial charge in [0.15, 0.2) is 0 Å². The molecule has 17 heavy (non-hydrogen) atoms. The molecule has 92 valence electrons. The van der Waals surface area contributed by atoms with Crippen LogP contribution in [-0.2, 0) is 9.53 Å². The fraction of sp³-hybridized carbons (Fsp3) is 0.364. The normalized spacial score (nSPS) is 9.53. The van der Waals surface area contributed by atoms with Crippen molar-refractivity contribution in [3.05, 3.63) is 23.9 Å². The van der Waals surface area contributed by atoms with Crippen LogP contribution in [0, 0.1) is 6.92 Å². The topological polar surface area (TPSA) is 80.3 Å². The molecule has 0 aromatic carbocycles. The van der Waals surface area contributed by atoms with E-state index in [1.807, 2.05) is 13.0 Å². The van der Waals surface area contributed by atoms with Crippen LogP contribution < -0.4 is 10.6 Å². The minimum absolute atomic E-state index is 0.161. The molecule has 6 nitrogen and oxygen atoms in total. The summed E-state index contributed by atoms with van der Waals surface area (Å²) in [5, 5.41) is 4.88. The number of ether oxygens (including phenoxy) is 1. The number of hydrogen-bond acceptors (Lipinski definition) is 4. The summed E-state index contributed by atoms with van der Waals surface area (Å²) in [5.74, 6) is -0.0359. The second-order valence-electron chi connectivity index (χ2n) is 3.28. The quantitative estimate of drug-likeness (QED) is 0.768. The first-order valence-corrected chi connectivity index (χ1v) is 5.26. The number of hydrogen-bond donors (Lipinski definition) is 2. The van der Waals surface area contributed by atoms with Crippen LogP contribution >= 0.6 is 0 Å². The van der Waals surface area contributed by atoms with Crippen molar-refractivity contribution in [2.45, 2.75) is 13.8 Å². The van der Waals surface area contributed by atoms with Gasteiger partial charge in [-0.2, -0.15) is 0 Å². The highest BCUT2D eigenvalue weighted by atomic mass is 16.5. The van der Waals surface area contributed by atoms with E-state index in [-0.39, 0.29) is 6.54 Å². The molecule has 2 amide bonds. The number of esters is 1. The Morgan fingerprint density at radius 2 is 2.18 bits per heavy atom. The number of carbonyl (C=O) groups is 2. The Labute approximate surface area is 99.4 Å². The number of carbonyl (C=O) groups excluding carboxylic acids is 2. The Kier molecular flexibility index (Phi) is 4.93. The Balaban J connectivity index is 2.37. The largest absolute Gasteiger partial charge is 0.465 e. The molecule has 0 spiro atoms. The van der Waals surface area contributed by atoms with Gasteiger partial charge in [0.1, 0.15) is 12.4 Å². The number of urea groups is 1. The van der Waals surface area contributed by atoms with Gasteiger partial charge in [0.05, 0.1) is 6.61 Å². The molecule has 0 aliphatic rings. The molecule has 0 aliphatic heterocycles. The van der Waals surface area contributed by atoms with Crippen LogP contribution in [0.25, 0.3) is 0 Å². The Bertz CT molecular complexity index is 407. The Morgan fingerprint density at radius 3 is 2.82 bits per heavy atom. The number of nitrogens with zero attached hydrogens (tertiary/aromatic N) is 1. The lowest BCUT2D eigenvalue weighted by atomic mass is 10.4. The van der Waals surface area contributed by atoms with Crippen LogP contribution in [0.4, 0.5) is 10.6 Å². The van der Waals surface area contributed by atoms with Crippen molar-refractivity contribution in [2.24, 2.45) is 0 Å². The lowest BCUT2D eigenvalue weighted by molar-refractivity contribution is -0.141. The first kappa shape index (κ1) is 13.0. The lowest BCUT2D eigenvalue weighted by Crippen LogP contribution is -2.34. The first-order valence-electron chi connectivity index (χ1n) is 5.26. The van der Waals surface area contributed by atoms with Gasteiger partial charge in [0, 0.05) is 5.69 Å². The summed E-state index contributed by atoms with van der Waals surface area (Å²) in [5.41, 5.74) is 0.799. The summed E-state index contributed by atoms with van der Waals surface area (Å²) >= 11 is 0. The molecule has 6 heteroatoms. The monoisotopic (exact) mass is 237 g/mol. The van der Waals surface area contributed by atoms with Crippen LogP contribution in [0.5, 0.6) is 0 Å². The number of aromatic nitrogens is 1. The molecule has 1 aromatic heterocycles. The van der Waals surface area contributed by atoms with E-state index in [1.165, 1.54) is 0 Å². The number of aryl methyl sites for hydroxylation is 1. The fourth-order valence-corrected chi connectivity index (χ4v) is 1.14. The van der Waals surface area contributed by atoms with E-state index in [2.05, 4.69) is 20.4 Å². The van der Waals surface area contributed by atoms with Crippen LogP contribution in [-0.4, -0.2) is 30.1 Å². The molecule has 2 N–H and O–H groups in total. The molecule has 0 fully saturated rings. The second kappa shape index (κ2) is 6.47. The Hall–Kier alpha value is -2.11. The highest BCUT2D eigenvalue weighted by Crippen LogP contribution is 2.02. The van der Waals surface area contributed by atoms with Gasteiger partial charge >= 0.3 is 12.0 Å². The van der Waals surface area contributed by atoms with Crippen LogP contribution in [0.1, 0.15) is 12.6 Å². The second-order valence-corrected chi connectivity index (χ2v) is 3.28. The van der Waals surface area contributed by atoms with Crippen molar-refractivity contribution in [1.29, 1.82) is 0 Å². The van der Waals surface area contributed by atoms with Crippen molar-refractivity contribution in [3.8, 4) is 0 Å². The van der Waals surface area contributed by atoms with Gasteiger partial charge in [0.2, 0.25) is 0 Å². The highest BCUT2D eigenvalue weighted by molar-refractivity contribution is 5.90. The predicted molar refractivity (Wildman–Crippen MR) is 62.6 cm³/mol. The van der Waals surface area contributed by atoms with E-state index >= 15 is 0 Å². The number of pyridine rings is 1. The maximum absolute atomic E-state index is 11.4. The van der Waals surface area contributed by atoms with Crippen molar-refractivity contribution in [3.63, 3.8) is 0 Å². The molecule has 0 aliphatic carbocycles. The third kappa shape index (κ3) is 4.96. The maximum atomic E-state index is 11.4. The molecular weight excluding hydrogens is 222 g/mol. The number of amides is 2. The smallest absolute Gasteiger partial charge is 0.325 e. The number of rotatable bonds is 4. The van der Waals surface area contributed by atoms with E-state index < -0.39 is 12.0 Å². The molecular formula is C11H15N3O3. The molecule has 0 atom stereocenters. The lowest BCUT2D eigenvalue weighted by Gasteiger charge is -2.06. The SMILES string of the molecule is CCOC(=O)CNC(=O)Nc1cccc(C)n1. The Morgan fingerprint density at radius 1 is 1.41 bits per heavy atom. The molecule has 0 saturated heterocycles. The third-order valence-corrected chi connectivity index (χ3v) is 1.83. The summed E-state index contributed by atoms with van der Waals surface area (Å²) in [6.45, 7) is 3.66. The van der Waals surface area contributed by atoms with Gasteiger partial charge in [-0.15, -0.1) is 0 Å². The minimum atomic E-state index is -0.490. The maximum Gasteiger partial charge on any atom is 0.325 e. The number of anilines is 1. The van der Waals surface area contributed by atoms with E-state index in [1.54, 1.807) is 19.1 Å². The van der Waals surface area contributed by atoms with E-state index in [9.17, 15) is 9.59 Å². The van der Waals surface area contributed by atoms with Crippen molar-refractivity contribution in [2.75, 3.05) is 18.5 Å². The van der Waals surface area contributed by atoms with E-state index in [4.69, 9.17) is 0 Å². The zero-order chi connectivity index (χ0) is 12.7. The molecule has 0 bridgehead atoms. The average Bonchev–Trinajstić information content (AvgIpc) is 2.27. The van der Waals surface area contributed by atoms with Gasteiger partial charge in [-0.05, 0) is 26.0 Å². The van der Waals surface area contributed by atoms with Crippen LogP contribution in [0.15, 0.2) is 18.2 Å². The molecule has 0 unspecified atom stereocenters. The summed E-state index contributed by atoms with van der Waals surface area (Å²) < 4.78 is 4.66. The molecule has 1 rings (SSSR count). The van der Waals surface area contributed by atoms with Crippen molar-refractivity contribution >= 4 is 17.8 Å². The highest BCUT2D eigenvalue weighted by Gasteiger charge is 2.06. The molecule has 0 saturated carbocycles. The van der Waals surface area contributed by atoms with Gasteiger partial charge in [-0.1, -0.05) is 6.07 Å². The summed E-state index contributed by atoms with van der Waals surface area (Å²) in [7, 11) is 0. The third-order valence-electron chi connectivity index (χ3n) is 1.83.